The Morgan fingerprint density at radius 3 is 2.18 bits per heavy atom. The molecular formula is C49H41F3N6O2. The maximum absolute atomic E-state index is 13.7. The molecule has 4 N–H and O–H groups in total. The summed E-state index contributed by atoms with van der Waals surface area (Å²) in [6.45, 7) is 3.32. The molecule has 9 aromatic rings. The lowest BCUT2D eigenvalue weighted by atomic mass is 9.95. The number of hydrogen-bond acceptors (Lipinski definition) is 6. The van der Waals surface area contributed by atoms with Crippen LogP contribution in [-0.4, -0.2) is 52.0 Å². The second-order valence-corrected chi connectivity index (χ2v) is 15.0. The van der Waals surface area contributed by atoms with E-state index in [-0.39, 0.29) is 17.9 Å². The molecule has 0 spiro atoms. The average molecular weight is 803 g/mol. The summed E-state index contributed by atoms with van der Waals surface area (Å²) in [6, 6.07) is 43.7. The molecule has 0 aliphatic carbocycles. The molecule has 4 heterocycles. The summed E-state index contributed by atoms with van der Waals surface area (Å²) in [6.07, 6.45) is -2.37. The second-order valence-electron chi connectivity index (χ2n) is 15.0. The number of alkyl halides is 3. The third kappa shape index (κ3) is 8.17. The molecule has 0 radical (unpaired) electrons. The first kappa shape index (κ1) is 38.5. The maximum atomic E-state index is 13.7. The SMILES string of the molecule is NC(=O)c1cc(-c2ccc(C(F)(F)F)c(OCCN3CCCC3)c2)c2cc3ccccc3nc2c1.c1ccc2nc3c(CNc4cc5ccccc5[nH]4)cccc3cc2c1. The van der Waals surface area contributed by atoms with Gasteiger partial charge in [0.1, 0.15) is 18.2 Å². The Hall–Kier alpha value is -6.98. The predicted octanol–water partition coefficient (Wildman–Crippen LogP) is 11.1. The zero-order chi connectivity index (χ0) is 41.2. The number of hydrogen-bond donors (Lipinski definition) is 3. The zero-order valence-electron chi connectivity index (χ0n) is 32.6. The number of rotatable bonds is 9. The monoisotopic (exact) mass is 802 g/mol. The molecule has 10 rings (SSSR count). The number of amides is 1. The highest BCUT2D eigenvalue weighted by molar-refractivity contribution is 6.06. The van der Waals surface area contributed by atoms with E-state index >= 15 is 0 Å². The Balaban J connectivity index is 0.000000162. The molecule has 1 saturated heterocycles. The van der Waals surface area contributed by atoms with Crippen LogP contribution in [-0.2, 0) is 12.7 Å². The number of anilines is 1. The number of nitrogens with one attached hydrogen (secondary N) is 2. The van der Waals surface area contributed by atoms with Gasteiger partial charge < -0.3 is 20.8 Å². The Morgan fingerprint density at radius 2 is 1.43 bits per heavy atom. The summed E-state index contributed by atoms with van der Waals surface area (Å²) in [5, 5.41) is 8.64. The minimum Gasteiger partial charge on any atom is -0.492 e. The lowest BCUT2D eigenvalue weighted by molar-refractivity contribution is -0.139. The highest BCUT2D eigenvalue weighted by atomic mass is 19.4. The van der Waals surface area contributed by atoms with Crippen LogP contribution in [0.3, 0.4) is 0 Å². The average Bonchev–Trinajstić information content (AvgIpc) is 3.94. The molecule has 0 saturated carbocycles. The van der Waals surface area contributed by atoms with E-state index in [1.165, 1.54) is 33.9 Å². The Kier molecular flexibility index (Phi) is 10.5. The predicted molar refractivity (Wildman–Crippen MR) is 234 cm³/mol. The van der Waals surface area contributed by atoms with Gasteiger partial charge in [0, 0.05) is 51.1 Å². The number of pyridine rings is 2. The molecule has 11 heteroatoms. The molecular weight excluding hydrogens is 762 g/mol. The van der Waals surface area contributed by atoms with Crippen LogP contribution in [0.25, 0.3) is 65.6 Å². The highest BCUT2D eigenvalue weighted by Gasteiger charge is 2.35. The van der Waals surface area contributed by atoms with Gasteiger partial charge in [0.05, 0.1) is 27.6 Å². The van der Waals surface area contributed by atoms with Crippen molar-refractivity contribution in [3.63, 3.8) is 0 Å². The van der Waals surface area contributed by atoms with E-state index in [0.29, 0.717) is 28.6 Å². The number of fused-ring (bicyclic) bond motifs is 5. The summed E-state index contributed by atoms with van der Waals surface area (Å²) in [7, 11) is 0. The fraction of sp³-hybridized carbons (Fsp3) is 0.163. The summed E-state index contributed by atoms with van der Waals surface area (Å²) in [5.41, 5.74) is 11.7. The standard InChI is InChI=1S/C27H24F3N3O2.C22H17N3/c28-27(29,30)22-8-7-17(16-25(22)35-12-11-33-9-3-4-10-33)20-14-19(26(31)34)15-24-21(20)13-18-5-1-2-6-23(18)32-24;1-4-11-20-15(6-1)12-17-8-5-9-18(22(17)25-20)14-23-21-13-16-7-2-3-10-19(16)24-21/h1-2,5-8,13-16H,3-4,9-12H2,(H2,31,34);1-13,23-24H,14H2. The van der Waals surface area contributed by atoms with Gasteiger partial charge in [-0.2, -0.15) is 13.2 Å². The van der Waals surface area contributed by atoms with Crippen molar-refractivity contribution in [3.8, 4) is 16.9 Å². The van der Waals surface area contributed by atoms with Crippen LogP contribution in [0.1, 0.15) is 34.3 Å². The normalized spacial score (nSPS) is 13.2. The number of halogens is 3. The summed E-state index contributed by atoms with van der Waals surface area (Å²) >= 11 is 0. The van der Waals surface area contributed by atoms with Gasteiger partial charge in [-0.05, 0) is 103 Å². The van der Waals surface area contributed by atoms with E-state index in [9.17, 15) is 18.0 Å². The number of benzene rings is 6. The van der Waals surface area contributed by atoms with Crippen molar-refractivity contribution in [1.29, 1.82) is 0 Å². The Labute approximate surface area is 343 Å². The van der Waals surface area contributed by atoms with Crippen LogP contribution >= 0.6 is 0 Å². The van der Waals surface area contributed by atoms with Gasteiger partial charge in [-0.1, -0.05) is 78.9 Å². The highest BCUT2D eigenvalue weighted by Crippen LogP contribution is 2.40. The largest absolute Gasteiger partial charge is 0.492 e. The second kappa shape index (κ2) is 16.3. The zero-order valence-corrected chi connectivity index (χ0v) is 32.6. The number of aromatic nitrogens is 3. The number of H-pyrrole nitrogens is 1. The van der Waals surface area contributed by atoms with Gasteiger partial charge in [0.2, 0.25) is 5.91 Å². The minimum absolute atomic E-state index is 0.154. The molecule has 1 amide bonds. The van der Waals surface area contributed by atoms with Crippen LogP contribution < -0.4 is 15.8 Å². The van der Waals surface area contributed by atoms with E-state index in [2.05, 4.69) is 86.9 Å². The van der Waals surface area contributed by atoms with Gasteiger partial charge in [0.25, 0.3) is 0 Å². The smallest absolute Gasteiger partial charge is 0.419 e. The molecule has 1 fully saturated rings. The number of carbonyl (C=O) groups is 1. The molecule has 60 heavy (non-hydrogen) atoms. The number of nitrogens with two attached hydrogens (primary N) is 1. The van der Waals surface area contributed by atoms with Gasteiger partial charge in [0.15, 0.2) is 0 Å². The summed E-state index contributed by atoms with van der Waals surface area (Å²) < 4.78 is 46.9. The summed E-state index contributed by atoms with van der Waals surface area (Å²) in [4.78, 5) is 27.2. The number of nitrogens with zero attached hydrogens (tertiary/aromatic N) is 3. The number of likely N-dealkylation sites (tertiary alicyclic amines) is 1. The molecule has 3 aromatic heterocycles. The molecule has 0 atom stereocenters. The van der Waals surface area contributed by atoms with Crippen LogP contribution in [0.15, 0.2) is 140 Å². The lowest BCUT2D eigenvalue weighted by Crippen LogP contribution is -2.25. The van der Waals surface area contributed by atoms with E-state index in [1.54, 1.807) is 12.1 Å². The molecule has 0 bridgehead atoms. The van der Waals surface area contributed by atoms with Crippen molar-refractivity contribution < 1.29 is 22.7 Å². The molecule has 1 aliphatic heterocycles. The first-order chi connectivity index (χ1) is 29.2. The van der Waals surface area contributed by atoms with E-state index in [1.807, 2.05) is 42.5 Å². The van der Waals surface area contributed by atoms with Crippen molar-refractivity contribution in [1.82, 2.24) is 19.9 Å². The molecule has 6 aromatic carbocycles. The van der Waals surface area contributed by atoms with Crippen LogP contribution in [0.4, 0.5) is 19.0 Å². The molecule has 0 unspecified atom stereocenters. The third-order valence-corrected chi connectivity index (χ3v) is 11.0. The Bertz CT molecular complexity index is 3000. The fourth-order valence-electron chi connectivity index (χ4n) is 7.96. The van der Waals surface area contributed by atoms with Crippen molar-refractivity contribution in [2.24, 2.45) is 5.73 Å². The number of carbonyl (C=O) groups excluding carboxylic acids is 1. The lowest BCUT2D eigenvalue weighted by Gasteiger charge is -2.19. The quantitative estimate of drug-likeness (QED) is 0.125. The van der Waals surface area contributed by atoms with Gasteiger partial charge in [-0.25, -0.2) is 9.97 Å². The van der Waals surface area contributed by atoms with Gasteiger partial charge in [-0.3, -0.25) is 9.69 Å². The van der Waals surface area contributed by atoms with Crippen LogP contribution in [0, 0.1) is 0 Å². The van der Waals surface area contributed by atoms with Crippen LogP contribution in [0.2, 0.25) is 0 Å². The third-order valence-electron chi connectivity index (χ3n) is 11.0. The molecule has 8 nitrogen and oxygen atoms in total. The van der Waals surface area contributed by atoms with Crippen molar-refractivity contribution >= 4 is 66.2 Å². The number of ether oxygens (including phenoxy) is 1. The van der Waals surface area contributed by atoms with Gasteiger partial charge >= 0.3 is 6.18 Å². The Morgan fingerprint density at radius 1 is 0.733 bits per heavy atom. The number of aromatic amines is 1. The van der Waals surface area contributed by atoms with Crippen molar-refractivity contribution in [2.75, 3.05) is 31.6 Å². The van der Waals surface area contributed by atoms with E-state index < -0.39 is 17.6 Å². The molecule has 1 aliphatic rings. The first-order valence-corrected chi connectivity index (χ1v) is 20.0. The topological polar surface area (TPSA) is 109 Å². The fourth-order valence-corrected chi connectivity index (χ4v) is 7.96. The first-order valence-electron chi connectivity index (χ1n) is 20.0. The van der Waals surface area contributed by atoms with Crippen LogP contribution in [0.5, 0.6) is 5.75 Å². The summed E-state index contributed by atoms with van der Waals surface area (Å²) in [5.74, 6) is 0.150. The number of primary amides is 1. The number of para-hydroxylation sites is 4. The van der Waals surface area contributed by atoms with Gasteiger partial charge in [-0.15, -0.1) is 0 Å². The van der Waals surface area contributed by atoms with E-state index in [0.717, 1.165) is 71.8 Å². The van der Waals surface area contributed by atoms with Crippen molar-refractivity contribution in [3.05, 3.63) is 156 Å². The van der Waals surface area contributed by atoms with Crippen molar-refractivity contribution in [2.45, 2.75) is 25.6 Å². The van der Waals surface area contributed by atoms with E-state index in [4.69, 9.17) is 15.5 Å². The maximum Gasteiger partial charge on any atom is 0.419 e. The minimum atomic E-state index is -4.56. The molecule has 300 valence electrons.